The number of ether oxygens (including phenoxy) is 2. The van der Waals surface area contributed by atoms with Gasteiger partial charge in [-0.1, -0.05) is 18.2 Å². The van der Waals surface area contributed by atoms with Gasteiger partial charge in [0.1, 0.15) is 0 Å². The predicted molar refractivity (Wildman–Crippen MR) is 112 cm³/mol. The van der Waals surface area contributed by atoms with Gasteiger partial charge in [-0.2, -0.15) is 5.10 Å². The van der Waals surface area contributed by atoms with Crippen molar-refractivity contribution in [3.05, 3.63) is 46.2 Å². The molecule has 1 fully saturated rings. The van der Waals surface area contributed by atoms with E-state index in [2.05, 4.69) is 53.4 Å². The van der Waals surface area contributed by atoms with Crippen LogP contribution in [-0.4, -0.2) is 47.6 Å². The molecular formula is C22H27N3O2S. The highest BCUT2D eigenvalue weighted by Gasteiger charge is 2.52. The molecule has 0 saturated carbocycles. The molecule has 2 aromatic rings. The van der Waals surface area contributed by atoms with E-state index in [9.17, 15) is 0 Å². The van der Waals surface area contributed by atoms with Gasteiger partial charge in [0.15, 0.2) is 11.5 Å². The number of para-hydroxylation sites is 1. The van der Waals surface area contributed by atoms with Crippen molar-refractivity contribution in [2.45, 2.75) is 50.9 Å². The Morgan fingerprint density at radius 3 is 2.71 bits per heavy atom. The average molecular weight is 398 g/mol. The molecule has 5 rings (SSSR count). The summed E-state index contributed by atoms with van der Waals surface area (Å²) in [5, 5.41) is 9.53. The van der Waals surface area contributed by atoms with Crippen LogP contribution in [0.3, 0.4) is 0 Å². The lowest BCUT2D eigenvalue weighted by Crippen LogP contribution is -2.59. The maximum Gasteiger partial charge on any atom is 0.200 e. The van der Waals surface area contributed by atoms with Crippen molar-refractivity contribution >= 4 is 17.0 Å². The molecular weight excluding hydrogens is 370 g/mol. The molecule has 1 saturated heterocycles. The lowest BCUT2D eigenvalue weighted by molar-refractivity contribution is -0.153. The Labute approximate surface area is 170 Å². The van der Waals surface area contributed by atoms with Crippen molar-refractivity contribution in [3.63, 3.8) is 0 Å². The van der Waals surface area contributed by atoms with Gasteiger partial charge in [0.05, 0.1) is 23.7 Å². The summed E-state index contributed by atoms with van der Waals surface area (Å²) >= 11 is 1.76. The maximum absolute atomic E-state index is 6.76. The van der Waals surface area contributed by atoms with Gasteiger partial charge < -0.3 is 14.4 Å². The Morgan fingerprint density at radius 2 is 2.04 bits per heavy atom. The zero-order valence-electron chi connectivity index (χ0n) is 16.7. The summed E-state index contributed by atoms with van der Waals surface area (Å²) in [6.07, 6.45) is 2.81. The molecule has 0 radical (unpaired) electrons. The summed E-state index contributed by atoms with van der Waals surface area (Å²) in [5.41, 5.74) is 1.97. The maximum atomic E-state index is 6.76. The Balaban J connectivity index is 1.57. The van der Waals surface area contributed by atoms with E-state index < -0.39 is 5.72 Å². The molecule has 4 heterocycles. The van der Waals surface area contributed by atoms with Crippen molar-refractivity contribution in [3.8, 4) is 11.5 Å². The lowest BCUT2D eigenvalue weighted by atomic mass is 9.90. The molecule has 28 heavy (non-hydrogen) atoms. The van der Waals surface area contributed by atoms with E-state index in [0.717, 1.165) is 43.9 Å². The van der Waals surface area contributed by atoms with E-state index in [-0.39, 0.29) is 6.04 Å². The number of hydrogen-bond donors (Lipinski definition) is 0. The first-order valence-corrected chi connectivity index (χ1v) is 11.0. The molecule has 0 aliphatic carbocycles. The smallest absolute Gasteiger partial charge is 0.200 e. The summed E-state index contributed by atoms with van der Waals surface area (Å²) in [6.45, 7) is 6.58. The standard InChI is InChI=1S/C22H27N3O2S/c1-15(2)24-11-9-22(10-12-24)25-18(14-17(23-25)20-8-5-13-28-20)16-6-4-7-19(26-3)21(16)27-22/h4-8,13,15,18H,9-12,14H2,1-3H3. The van der Waals surface area contributed by atoms with Gasteiger partial charge in [-0.3, -0.25) is 0 Å². The number of rotatable bonds is 3. The second kappa shape index (κ2) is 6.78. The number of likely N-dealkylation sites (tertiary alicyclic amines) is 1. The number of benzene rings is 1. The van der Waals surface area contributed by atoms with Crippen LogP contribution in [0, 0.1) is 0 Å². The number of hydrazone groups is 1. The van der Waals surface area contributed by atoms with Crippen molar-refractivity contribution in [2.75, 3.05) is 20.2 Å². The Kier molecular flexibility index (Phi) is 4.36. The van der Waals surface area contributed by atoms with Crippen molar-refractivity contribution in [2.24, 2.45) is 5.10 Å². The molecule has 3 aliphatic heterocycles. The number of thiophene rings is 1. The fraction of sp³-hybridized carbons (Fsp3) is 0.500. The van der Waals surface area contributed by atoms with Crippen molar-refractivity contribution in [1.82, 2.24) is 9.91 Å². The molecule has 148 valence electrons. The fourth-order valence-corrected chi connectivity index (χ4v) is 5.46. The van der Waals surface area contributed by atoms with Gasteiger partial charge in [0.25, 0.3) is 0 Å². The van der Waals surface area contributed by atoms with Gasteiger partial charge in [-0.25, -0.2) is 5.01 Å². The van der Waals surface area contributed by atoms with E-state index in [1.165, 1.54) is 16.2 Å². The van der Waals surface area contributed by atoms with Crippen LogP contribution in [0.25, 0.3) is 0 Å². The molecule has 5 nitrogen and oxygen atoms in total. The van der Waals surface area contributed by atoms with Gasteiger partial charge in [-0.15, -0.1) is 11.3 Å². The molecule has 6 heteroatoms. The molecule has 1 atom stereocenters. The minimum atomic E-state index is -0.392. The van der Waals surface area contributed by atoms with Crippen LogP contribution in [0.5, 0.6) is 11.5 Å². The fourth-order valence-electron chi connectivity index (χ4n) is 4.74. The van der Waals surface area contributed by atoms with Crippen LogP contribution in [0.15, 0.2) is 40.8 Å². The van der Waals surface area contributed by atoms with E-state index in [1.807, 2.05) is 6.07 Å². The Bertz CT molecular complexity index is 885. The Morgan fingerprint density at radius 1 is 1.21 bits per heavy atom. The second-order valence-electron chi connectivity index (χ2n) is 8.15. The van der Waals surface area contributed by atoms with Gasteiger partial charge in [0, 0.05) is 44.0 Å². The highest BCUT2D eigenvalue weighted by atomic mass is 32.1. The molecule has 1 unspecified atom stereocenters. The minimum absolute atomic E-state index is 0.210. The number of fused-ring (bicyclic) bond motifs is 4. The van der Waals surface area contributed by atoms with E-state index in [0.29, 0.717) is 6.04 Å². The van der Waals surface area contributed by atoms with Crippen LogP contribution in [0.2, 0.25) is 0 Å². The van der Waals surface area contributed by atoms with Gasteiger partial charge >= 0.3 is 0 Å². The second-order valence-corrected chi connectivity index (χ2v) is 9.09. The summed E-state index contributed by atoms with van der Waals surface area (Å²) in [7, 11) is 1.72. The van der Waals surface area contributed by atoms with E-state index >= 15 is 0 Å². The number of piperidine rings is 1. The summed E-state index contributed by atoms with van der Waals surface area (Å²) < 4.78 is 12.4. The highest BCUT2D eigenvalue weighted by molar-refractivity contribution is 7.12. The average Bonchev–Trinajstić information content (AvgIpc) is 3.38. The zero-order chi connectivity index (χ0) is 19.3. The number of nitrogens with zero attached hydrogens (tertiary/aromatic N) is 3. The molecule has 1 spiro atoms. The SMILES string of the molecule is COc1cccc2c1OC1(CCN(C(C)C)CC1)N1N=C(c3cccs3)CC21. The molecule has 1 aromatic carbocycles. The first-order chi connectivity index (χ1) is 13.6. The van der Waals surface area contributed by atoms with Crippen molar-refractivity contribution in [1.29, 1.82) is 0 Å². The summed E-state index contributed by atoms with van der Waals surface area (Å²) in [4.78, 5) is 3.79. The summed E-state index contributed by atoms with van der Waals surface area (Å²) in [5.74, 6) is 1.74. The van der Waals surface area contributed by atoms with E-state index in [1.54, 1.807) is 18.4 Å². The quantitative estimate of drug-likeness (QED) is 0.764. The molecule has 1 aromatic heterocycles. The zero-order valence-corrected chi connectivity index (χ0v) is 17.5. The van der Waals surface area contributed by atoms with Crippen LogP contribution in [-0.2, 0) is 0 Å². The van der Waals surface area contributed by atoms with Crippen LogP contribution >= 0.6 is 11.3 Å². The molecule has 0 amide bonds. The highest BCUT2D eigenvalue weighted by Crippen LogP contribution is 2.52. The predicted octanol–water partition coefficient (Wildman–Crippen LogP) is 4.50. The molecule has 0 N–H and O–H groups in total. The third kappa shape index (κ3) is 2.73. The minimum Gasteiger partial charge on any atom is -0.493 e. The Hall–Kier alpha value is -2.05. The third-order valence-corrected chi connectivity index (χ3v) is 7.24. The lowest BCUT2D eigenvalue weighted by Gasteiger charge is -2.51. The van der Waals surface area contributed by atoms with E-state index in [4.69, 9.17) is 14.6 Å². The monoisotopic (exact) mass is 397 g/mol. The largest absolute Gasteiger partial charge is 0.493 e. The third-order valence-electron chi connectivity index (χ3n) is 6.32. The van der Waals surface area contributed by atoms with Gasteiger partial charge in [-0.05, 0) is 31.4 Å². The normalized spacial score (nSPS) is 23.4. The number of methoxy groups -OCH3 is 1. The first kappa shape index (κ1) is 18.0. The van der Waals surface area contributed by atoms with Crippen molar-refractivity contribution < 1.29 is 9.47 Å². The van der Waals surface area contributed by atoms with Gasteiger partial charge in [0.2, 0.25) is 5.72 Å². The first-order valence-electron chi connectivity index (χ1n) is 10.1. The van der Waals surface area contributed by atoms with Crippen LogP contribution < -0.4 is 9.47 Å². The summed E-state index contributed by atoms with van der Waals surface area (Å²) in [6, 6.07) is 11.3. The molecule has 3 aliphatic rings. The topological polar surface area (TPSA) is 37.3 Å². The van der Waals surface area contributed by atoms with Crippen LogP contribution in [0.4, 0.5) is 0 Å². The van der Waals surface area contributed by atoms with Crippen LogP contribution in [0.1, 0.15) is 49.6 Å². The number of hydrogen-bond acceptors (Lipinski definition) is 6. The molecule has 0 bridgehead atoms.